The van der Waals surface area contributed by atoms with Gasteiger partial charge in [-0.2, -0.15) is 0 Å². The summed E-state index contributed by atoms with van der Waals surface area (Å²) in [4.78, 5) is 10.5. The van der Waals surface area contributed by atoms with Gasteiger partial charge in [-0.15, -0.1) is 0 Å². The first kappa shape index (κ1) is 11.8. The van der Waals surface area contributed by atoms with Crippen LogP contribution in [0.1, 0.15) is 11.1 Å². The molecule has 0 radical (unpaired) electrons. The molecule has 0 heterocycles. The summed E-state index contributed by atoms with van der Waals surface area (Å²) in [7, 11) is 0. The van der Waals surface area contributed by atoms with Gasteiger partial charge in [0, 0.05) is 11.1 Å². The van der Waals surface area contributed by atoms with Crippen LogP contribution in [0, 0.1) is 0 Å². The van der Waals surface area contributed by atoms with Crippen molar-refractivity contribution in [3.05, 3.63) is 41.5 Å². The summed E-state index contributed by atoms with van der Waals surface area (Å²) in [6.45, 7) is 0. The molecule has 3 rings (SSSR count). The van der Waals surface area contributed by atoms with Crippen LogP contribution in [-0.4, -0.2) is 10.7 Å². The Hall–Kier alpha value is -1.25. The highest BCUT2D eigenvalue weighted by Gasteiger charge is 2.18. The average molecular weight is 280 g/mol. The molecule has 0 fully saturated rings. The van der Waals surface area contributed by atoms with Crippen LogP contribution in [0.2, 0.25) is 0 Å². The normalized spacial score (nSPS) is 13.3. The standard InChI is InChI=1S/C14H11Cl2NO/c15-13(16)14(18)17-11-7-6-9-5-4-8-2-1-3-10(11)12(8)9/h1-3,6-7,13H,4-5H2,(H,17,18). The molecule has 1 N–H and O–H groups in total. The zero-order valence-electron chi connectivity index (χ0n) is 9.54. The maximum Gasteiger partial charge on any atom is 0.257 e. The number of anilines is 1. The molecular weight excluding hydrogens is 269 g/mol. The number of alkyl halides is 2. The Morgan fingerprint density at radius 1 is 1.11 bits per heavy atom. The van der Waals surface area contributed by atoms with Crippen LogP contribution in [0.15, 0.2) is 30.3 Å². The van der Waals surface area contributed by atoms with E-state index in [1.165, 1.54) is 16.5 Å². The van der Waals surface area contributed by atoms with Crippen molar-refractivity contribution >= 4 is 45.6 Å². The van der Waals surface area contributed by atoms with Gasteiger partial charge in [-0.1, -0.05) is 47.5 Å². The quantitative estimate of drug-likeness (QED) is 0.835. The van der Waals surface area contributed by atoms with Crippen LogP contribution in [0.25, 0.3) is 10.8 Å². The predicted octanol–water partition coefficient (Wildman–Crippen LogP) is 3.68. The molecule has 1 amide bonds. The van der Waals surface area contributed by atoms with Gasteiger partial charge in [0.15, 0.2) is 4.84 Å². The lowest BCUT2D eigenvalue weighted by Gasteiger charge is -2.10. The third kappa shape index (κ3) is 1.86. The minimum absolute atomic E-state index is 0.392. The predicted molar refractivity (Wildman–Crippen MR) is 75.5 cm³/mol. The molecule has 18 heavy (non-hydrogen) atoms. The molecule has 0 bridgehead atoms. The second-order valence-electron chi connectivity index (χ2n) is 4.40. The molecule has 2 aromatic rings. The summed E-state index contributed by atoms with van der Waals surface area (Å²) < 4.78 is 0. The molecule has 0 aromatic heterocycles. The summed E-state index contributed by atoms with van der Waals surface area (Å²) in [5.74, 6) is -0.392. The Morgan fingerprint density at radius 2 is 1.83 bits per heavy atom. The van der Waals surface area contributed by atoms with Gasteiger partial charge in [0.25, 0.3) is 5.91 Å². The zero-order chi connectivity index (χ0) is 12.7. The fraction of sp³-hybridized carbons (Fsp3) is 0.214. The van der Waals surface area contributed by atoms with Crippen molar-refractivity contribution in [1.82, 2.24) is 0 Å². The summed E-state index contributed by atoms with van der Waals surface area (Å²) in [6.07, 6.45) is 2.13. The fourth-order valence-corrected chi connectivity index (χ4v) is 2.65. The van der Waals surface area contributed by atoms with Crippen molar-refractivity contribution in [3.63, 3.8) is 0 Å². The van der Waals surface area contributed by atoms with Gasteiger partial charge in [0.2, 0.25) is 0 Å². The van der Waals surface area contributed by atoms with Crippen LogP contribution in [0.3, 0.4) is 0 Å². The number of hydrogen-bond donors (Lipinski definition) is 1. The lowest BCUT2D eigenvalue weighted by atomic mass is 10.0. The molecular formula is C14H11Cl2NO. The van der Waals surface area contributed by atoms with Crippen LogP contribution in [0.4, 0.5) is 5.69 Å². The van der Waals surface area contributed by atoms with E-state index in [-0.39, 0.29) is 0 Å². The van der Waals surface area contributed by atoms with E-state index in [0.29, 0.717) is 0 Å². The number of rotatable bonds is 2. The molecule has 1 aliphatic rings. The molecule has 0 saturated heterocycles. The number of benzene rings is 2. The second kappa shape index (κ2) is 4.45. The number of carbonyl (C=O) groups excluding carboxylic acids is 1. The first-order chi connectivity index (χ1) is 8.66. The third-order valence-electron chi connectivity index (χ3n) is 3.33. The summed E-state index contributed by atoms with van der Waals surface area (Å²) in [5.41, 5.74) is 3.45. The molecule has 0 spiro atoms. The van der Waals surface area contributed by atoms with Crippen molar-refractivity contribution in [3.8, 4) is 0 Å². The van der Waals surface area contributed by atoms with Crippen LogP contribution >= 0.6 is 23.2 Å². The number of carbonyl (C=O) groups is 1. The number of halogens is 2. The number of nitrogens with one attached hydrogen (secondary N) is 1. The van der Waals surface area contributed by atoms with Crippen molar-refractivity contribution in [2.75, 3.05) is 5.32 Å². The molecule has 0 saturated carbocycles. The smallest absolute Gasteiger partial charge is 0.257 e. The second-order valence-corrected chi connectivity index (χ2v) is 5.50. The molecule has 4 heteroatoms. The largest absolute Gasteiger partial charge is 0.323 e. The minimum Gasteiger partial charge on any atom is -0.323 e. The van der Waals surface area contributed by atoms with Gasteiger partial charge in [0.05, 0.1) is 0 Å². The Kier molecular flexibility index (Phi) is 2.92. The molecule has 2 nitrogen and oxygen atoms in total. The van der Waals surface area contributed by atoms with E-state index in [2.05, 4.69) is 17.4 Å². The SMILES string of the molecule is O=C(Nc1ccc2c3c(cccc13)CC2)C(Cl)Cl. The molecule has 2 aromatic carbocycles. The highest BCUT2D eigenvalue weighted by molar-refractivity contribution is 6.54. The van der Waals surface area contributed by atoms with Crippen LogP contribution < -0.4 is 5.32 Å². The van der Waals surface area contributed by atoms with E-state index in [9.17, 15) is 4.79 Å². The third-order valence-corrected chi connectivity index (χ3v) is 3.73. The van der Waals surface area contributed by atoms with Crippen molar-refractivity contribution < 1.29 is 4.79 Å². The van der Waals surface area contributed by atoms with E-state index in [0.717, 1.165) is 23.9 Å². The van der Waals surface area contributed by atoms with Gasteiger partial charge in [0.1, 0.15) is 0 Å². The molecule has 0 unspecified atom stereocenters. The van der Waals surface area contributed by atoms with Crippen LogP contribution in [0.5, 0.6) is 0 Å². The lowest BCUT2D eigenvalue weighted by Crippen LogP contribution is -2.18. The molecule has 0 aliphatic heterocycles. The summed E-state index contributed by atoms with van der Waals surface area (Å²) in [5, 5.41) is 5.08. The van der Waals surface area contributed by atoms with Gasteiger partial charge < -0.3 is 5.32 Å². The first-order valence-electron chi connectivity index (χ1n) is 5.79. The monoisotopic (exact) mass is 279 g/mol. The maximum absolute atomic E-state index is 11.6. The van der Waals surface area contributed by atoms with E-state index in [1.54, 1.807) is 0 Å². The van der Waals surface area contributed by atoms with Gasteiger partial charge in [-0.3, -0.25) is 4.79 Å². The summed E-state index contributed by atoms with van der Waals surface area (Å²) in [6, 6.07) is 10.1. The van der Waals surface area contributed by atoms with Crippen molar-refractivity contribution in [2.45, 2.75) is 17.7 Å². The maximum atomic E-state index is 11.6. The van der Waals surface area contributed by atoms with Gasteiger partial charge in [-0.05, 0) is 35.4 Å². The Bertz CT molecular complexity index is 627. The topological polar surface area (TPSA) is 29.1 Å². The number of aryl methyl sites for hydroxylation is 2. The molecule has 1 aliphatic carbocycles. The Labute approximate surface area is 115 Å². The lowest BCUT2D eigenvalue weighted by molar-refractivity contribution is -0.114. The zero-order valence-corrected chi connectivity index (χ0v) is 11.1. The Balaban J connectivity index is 2.12. The number of hydrogen-bond acceptors (Lipinski definition) is 1. The number of amides is 1. The molecule has 92 valence electrons. The van der Waals surface area contributed by atoms with Crippen molar-refractivity contribution in [1.29, 1.82) is 0 Å². The highest BCUT2D eigenvalue weighted by atomic mass is 35.5. The summed E-state index contributed by atoms with van der Waals surface area (Å²) >= 11 is 11.1. The minimum atomic E-state index is -1.05. The van der Waals surface area contributed by atoms with E-state index >= 15 is 0 Å². The van der Waals surface area contributed by atoms with E-state index < -0.39 is 10.7 Å². The van der Waals surface area contributed by atoms with Gasteiger partial charge in [-0.25, -0.2) is 0 Å². The van der Waals surface area contributed by atoms with Crippen LogP contribution in [-0.2, 0) is 17.6 Å². The first-order valence-corrected chi connectivity index (χ1v) is 6.66. The van der Waals surface area contributed by atoms with E-state index in [1.807, 2.05) is 18.2 Å². The fourth-order valence-electron chi connectivity index (χ4n) is 2.54. The Morgan fingerprint density at radius 3 is 2.56 bits per heavy atom. The van der Waals surface area contributed by atoms with Gasteiger partial charge >= 0.3 is 0 Å². The van der Waals surface area contributed by atoms with E-state index in [4.69, 9.17) is 23.2 Å². The molecule has 0 atom stereocenters. The average Bonchev–Trinajstić information content (AvgIpc) is 2.77. The highest BCUT2D eigenvalue weighted by Crippen LogP contribution is 2.35. The van der Waals surface area contributed by atoms with Crippen molar-refractivity contribution in [2.24, 2.45) is 0 Å².